The van der Waals surface area contributed by atoms with Gasteiger partial charge in [0.15, 0.2) is 0 Å². The number of fused-ring (bicyclic) bond motifs is 1. The summed E-state index contributed by atoms with van der Waals surface area (Å²) in [7, 11) is 0. The van der Waals surface area contributed by atoms with Gasteiger partial charge >= 0.3 is 0 Å². The first-order valence-corrected chi connectivity index (χ1v) is 15.4. The molecule has 1 spiro atoms. The highest BCUT2D eigenvalue weighted by Gasteiger charge is 2.80. The van der Waals surface area contributed by atoms with Crippen LogP contribution in [0.25, 0.3) is 0 Å². The summed E-state index contributed by atoms with van der Waals surface area (Å²) in [5.41, 5.74) is -1.43. The van der Waals surface area contributed by atoms with E-state index < -0.39 is 47.3 Å². The van der Waals surface area contributed by atoms with Crippen molar-refractivity contribution >= 4 is 23.4 Å². The van der Waals surface area contributed by atoms with Crippen LogP contribution in [0.3, 0.4) is 0 Å². The highest BCUT2D eigenvalue weighted by molar-refractivity contribution is 6.03. The molecule has 3 unspecified atom stereocenters. The molecule has 0 radical (unpaired) electrons. The molecule has 8 heteroatoms. The number of benzene rings is 2. The van der Waals surface area contributed by atoms with Crippen LogP contribution in [0.4, 0.5) is 5.69 Å². The average Bonchev–Trinajstić information content (AvgIpc) is 3.51. The molecular formula is C36H45N3O5. The first-order valence-electron chi connectivity index (χ1n) is 15.4. The Balaban J connectivity index is 1.70. The van der Waals surface area contributed by atoms with Crippen molar-refractivity contribution in [1.82, 2.24) is 9.80 Å². The molecule has 2 aromatic rings. The number of ether oxygens (including phenoxy) is 1. The molecule has 0 aliphatic carbocycles. The third-order valence-corrected chi connectivity index (χ3v) is 9.98. The Bertz CT molecular complexity index is 1420. The largest absolute Gasteiger partial charge is 0.394 e. The van der Waals surface area contributed by atoms with E-state index in [2.05, 4.69) is 13.2 Å². The second kappa shape index (κ2) is 11.6. The lowest BCUT2D eigenvalue weighted by molar-refractivity contribution is -0.158. The first kappa shape index (κ1) is 31.7. The van der Waals surface area contributed by atoms with Gasteiger partial charge in [-0.05, 0) is 57.7 Å². The summed E-state index contributed by atoms with van der Waals surface area (Å²) in [6.07, 6.45) is 3.78. The molecule has 0 saturated carbocycles. The van der Waals surface area contributed by atoms with E-state index in [1.165, 1.54) is 4.90 Å². The number of likely N-dealkylation sites (tertiary alicyclic amines) is 1. The van der Waals surface area contributed by atoms with Gasteiger partial charge in [0.25, 0.3) is 0 Å². The number of para-hydroxylation sites is 1. The van der Waals surface area contributed by atoms with E-state index in [1.807, 2.05) is 95.3 Å². The van der Waals surface area contributed by atoms with Gasteiger partial charge in [0, 0.05) is 24.3 Å². The number of rotatable bonds is 10. The van der Waals surface area contributed by atoms with E-state index in [0.29, 0.717) is 17.7 Å². The summed E-state index contributed by atoms with van der Waals surface area (Å²) in [5.74, 6) is -2.75. The molecule has 234 valence electrons. The molecule has 3 aliphatic rings. The Morgan fingerprint density at radius 2 is 1.64 bits per heavy atom. The molecule has 3 fully saturated rings. The topological polar surface area (TPSA) is 90.4 Å². The van der Waals surface area contributed by atoms with Crippen LogP contribution >= 0.6 is 0 Å². The minimum absolute atomic E-state index is 0.121. The molecule has 44 heavy (non-hydrogen) atoms. The van der Waals surface area contributed by atoms with Gasteiger partial charge in [-0.15, -0.1) is 13.2 Å². The summed E-state index contributed by atoms with van der Waals surface area (Å²) in [6.45, 7) is 17.7. The summed E-state index contributed by atoms with van der Waals surface area (Å²) in [5, 5.41) is 10.8. The minimum atomic E-state index is -1.26. The SMILES string of the molecule is C=CCN(C(=O)[C@H]1[C@H]2C(=O)N([C@H](CO)c3ccccc3)C(C(=O)N(CC=C)C(C)(C)C)C23CC(C)[C@]1(C)O3)c1ccccc1. The number of hydrogen-bond acceptors (Lipinski definition) is 5. The van der Waals surface area contributed by atoms with Crippen molar-refractivity contribution in [3.63, 3.8) is 0 Å². The van der Waals surface area contributed by atoms with Crippen LogP contribution in [0.2, 0.25) is 0 Å². The molecule has 7 atom stereocenters. The smallest absolute Gasteiger partial charge is 0.249 e. The lowest BCUT2D eigenvalue weighted by Crippen LogP contribution is -2.60. The minimum Gasteiger partial charge on any atom is -0.394 e. The maximum absolute atomic E-state index is 14.9. The van der Waals surface area contributed by atoms with E-state index in [9.17, 15) is 19.5 Å². The van der Waals surface area contributed by atoms with Crippen molar-refractivity contribution in [3.05, 3.63) is 91.5 Å². The number of aliphatic hydroxyl groups excluding tert-OH is 1. The van der Waals surface area contributed by atoms with Gasteiger partial charge in [0.1, 0.15) is 11.6 Å². The van der Waals surface area contributed by atoms with E-state index in [4.69, 9.17) is 4.74 Å². The number of anilines is 1. The molecule has 8 nitrogen and oxygen atoms in total. The van der Waals surface area contributed by atoms with Crippen LogP contribution in [0.5, 0.6) is 0 Å². The van der Waals surface area contributed by atoms with Crippen molar-refractivity contribution in [2.45, 2.75) is 69.9 Å². The van der Waals surface area contributed by atoms with Gasteiger partial charge in [0.2, 0.25) is 17.7 Å². The van der Waals surface area contributed by atoms with Crippen LogP contribution in [0, 0.1) is 17.8 Å². The fraction of sp³-hybridized carbons (Fsp3) is 0.472. The zero-order valence-electron chi connectivity index (χ0n) is 26.5. The summed E-state index contributed by atoms with van der Waals surface area (Å²) < 4.78 is 7.00. The number of carbonyl (C=O) groups excluding carboxylic acids is 3. The number of aliphatic hydroxyl groups is 1. The Labute approximate surface area is 261 Å². The summed E-state index contributed by atoms with van der Waals surface area (Å²) in [6, 6.07) is 16.7. The van der Waals surface area contributed by atoms with Crippen molar-refractivity contribution in [2.24, 2.45) is 17.8 Å². The highest BCUT2D eigenvalue weighted by atomic mass is 16.5. The fourth-order valence-corrected chi connectivity index (χ4v) is 7.90. The second-order valence-electron chi connectivity index (χ2n) is 13.5. The molecule has 2 aromatic carbocycles. The van der Waals surface area contributed by atoms with E-state index >= 15 is 0 Å². The highest BCUT2D eigenvalue weighted by Crippen LogP contribution is 2.66. The van der Waals surface area contributed by atoms with Gasteiger partial charge in [-0.3, -0.25) is 14.4 Å². The zero-order chi connectivity index (χ0) is 32.0. The number of nitrogens with zero attached hydrogens (tertiary/aromatic N) is 3. The van der Waals surface area contributed by atoms with Crippen molar-refractivity contribution < 1.29 is 24.2 Å². The predicted molar refractivity (Wildman–Crippen MR) is 171 cm³/mol. The van der Waals surface area contributed by atoms with Crippen molar-refractivity contribution in [3.8, 4) is 0 Å². The number of amides is 3. The normalized spacial score (nSPS) is 29.7. The lowest BCUT2D eigenvalue weighted by Gasteiger charge is -2.43. The van der Waals surface area contributed by atoms with Gasteiger partial charge in [-0.1, -0.05) is 67.6 Å². The maximum atomic E-state index is 14.9. The Morgan fingerprint density at radius 1 is 1.05 bits per heavy atom. The molecule has 1 N–H and O–H groups in total. The van der Waals surface area contributed by atoms with Crippen molar-refractivity contribution in [1.29, 1.82) is 0 Å². The zero-order valence-corrected chi connectivity index (χ0v) is 26.5. The third kappa shape index (κ3) is 4.79. The van der Waals surface area contributed by atoms with Crippen LogP contribution in [0.1, 0.15) is 52.6 Å². The molecule has 3 saturated heterocycles. The quantitative estimate of drug-likeness (QED) is 0.398. The summed E-state index contributed by atoms with van der Waals surface area (Å²) in [4.78, 5) is 49.4. The molecular weight excluding hydrogens is 554 g/mol. The van der Waals surface area contributed by atoms with Crippen LogP contribution in [-0.4, -0.2) is 75.1 Å². The van der Waals surface area contributed by atoms with E-state index in [1.54, 1.807) is 22.0 Å². The van der Waals surface area contributed by atoms with Gasteiger partial charge in [0.05, 0.1) is 30.1 Å². The lowest BCUT2D eigenvalue weighted by atomic mass is 9.62. The Hall–Kier alpha value is -3.75. The molecule has 3 aliphatic heterocycles. The van der Waals surface area contributed by atoms with Gasteiger partial charge < -0.3 is 24.5 Å². The van der Waals surface area contributed by atoms with Crippen LogP contribution in [0.15, 0.2) is 86.0 Å². The molecule has 0 aromatic heterocycles. The molecule has 2 bridgehead atoms. The van der Waals surface area contributed by atoms with E-state index in [-0.39, 0.29) is 36.7 Å². The number of carbonyl (C=O) groups is 3. The van der Waals surface area contributed by atoms with Gasteiger partial charge in [-0.2, -0.15) is 0 Å². The fourth-order valence-electron chi connectivity index (χ4n) is 7.90. The van der Waals surface area contributed by atoms with Gasteiger partial charge in [-0.25, -0.2) is 0 Å². The second-order valence-corrected chi connectivity index (χ2v) is 13.5. The average molecular weight is 600 g/mol. The molecule has 5 rings (SSSR count). The standard InChI is InChI=1S/C36H45N3O5/c1-8-20-37(26-18-14-11-15-19-26)31(41)28-29-32(42)39(27(23-40)25-16-12-10-13-17-25)30(33(43)38(21-9-2)34(4,5)6)36(29)22-24(3)35(28,7)44-36/h8-19,24,27-30,40H,1-2,20-23H2,3-7H3/t24?,27-,28-,29+,30?,35+,36?/m1/s1. The van der Waals surface area contributed by atoms with E-state index in [0.717, 1.165) is 0 Å². The Kier molecular flexibility index (Phi) is 8.37. The maximum Gasteiger partial charge on any atom is 0.249 e. The first-order chi connectivity index (χ1) is 20.9. The Morgan fingerprint density at radius 3 is 2.18 bits per heavy atom. The monoisotopic (exact) mass is 599 g/mol. The van der Waals surface area contributed by atoms with Crippen LogP contribution < -0.4 is 4.90 Å². The molecule has 3 amide bonds. The van der Waals surface area contributed by atoms with Crippen LogP contribution in [-0.2, 0) is 19.1 Å². The number of hydrogen-bond donors (Lipinski definition) is 1. The van der Waals surface area contributed by atoms with Crippen molar-refractivity contribution in [2.75, 3.05) is 24.6 Å². The third-order valence-electron chi connectivity index (χ3n) is 9.98. The predicted octanol–water partition coefficient (Wildman–Crippen LogP) is 4.76. The molecule has 3 heterocycles. The summed E-state index contributed by atoms with van der Waals surface area (Å²) >= 11 is 0.